The number of ether oxygens (including phenoxy) is 3. The molecule has 0 unspecified atom stereocenters. The molecule has 0 bridgehead atoms. The Morgan fingerprint density at radius 3 is 1.82 bits per heavy atom. The van der Waals surface area contributed by atoms with Crippen LogP contribution in [0.3, 0.4) is 0 Å². The number of hydrogen-bond acceptors (Lipinski definition) is 7. The van der Waals surface area contributed by atoms with Gasteiger partial charge in [0.25, 0.3) is 8.32 Å². The Morgan fingerprint density at radius 1 is 0.842 bits per heavy atom. The Bertz CT molecular complexity index is 1130. The van der Waals surface area contributed by atoms with E-state index in [9.17, 15) is 15.0 Å². The highest BCUT2D eigenvalue weighted by molar-refractivity contribution is 6.99. The van der Waals surface area contributed by atoms with Gasteiger partial charge in [-0.05, 0) is 27.5 Å². The van der Waals surface area contributed by atoms with Gasteiger partial charge in [0.05, 0.1) is 12.2 Å². The zero-order valence-electron chi connectivity index (χ0n) is 22.2. The highest BCUT2D eigenvalue weighted by Gasteiger charge is 2.52. The molecule has 0 spiro atoms. The summed E-state index contributed by atoms with van der Waals surface area (Å²) in [6.07, 6.45) is -6.02. The molecule has 1 fully saturated rings. The average Bonchev–Trinajstić information content (AvgIpc) is 2.93. The van der Waals surface area contributed by atoms with Crippen LogP contribution in [-0.4, -0.2) is 68.9 Å². The van der Waals surface area contributed by atoms with E-state index in [1.165, 1.54) is 7.11 Å². The van der Waals surface area contributed by atoms with Crippen molar-refractivity contribution in [1.29, 1.82) is 0 Å². The van der Waals surface area contributed by atoms with Gasteiger partial charge in [-0.3, -0.25) is 0 Å². The summed E-state index contributed by atoms with van der Waals surface area (Å²) in [6, 6.07) is 28.7. The van der Waals surface area contributed by atoms with Crippen LogP contribution in [0.25, 0.3) is 0 Å². The van der Waals surface area contributed by atoms with Crippen LogP contribution < -0.4 is 10.4 Å². The number of rotatable bonds is 8. The Balaban J connectivity index is 1.59. The Labute approximate surface area is 225 Å². The number of aliphatic hydroxyl groups is 2. The normalized spacial score (nSPS) is 24.1. The monoisotopic (exact) mass is 536 g/mol. The number of aliphatic hydroxyl groups excluding tert-OH is 2. The van der Waals surface area contributed by atoms with E-state index < -0.39 is 45.0 Å². The molecule has 0 aromatic heterocycles. The van der Waals surface area contributed by atoms with Crippen LogP contribution in [0.5, 0.6) is 0 Å². The molecule has 4 rings (SSSR count). The molecule has 202 valence electrons. The number of hydrogen-bond donors (Lipinski definition) is 2. The van der Waals surface area contributed by atoms with E-state index in [1.54, 1.807) is 30.3 Å². The minimum absolute atomic E-state index is 0.00468. The quantitative estimate of drug-likeness (QED) is 0.338. The van der Waals surface area contributed by atoms with Crippen LogP contribution in [0.2, 0.25) is 5.04 Å². The van der Waals surface area contributed by atoms with Gasteiger partial charge in [0, 0.05) is 7.11 Å². The van der Waals surface area contributed by atoms with Gasteiger partial charge in [0.2, 0.25) is 0 Å². The van der Waals surface area contributed by atoms with Crippen molar-refractivity contribution in [1.82, 2.24) is 0 Å². The van der Waals surface area contributed by atoms with Gasteiger partial charge < -0.3 is 28.8 Å². The van der Waals surface area contributed by atoms with E-state index in [0.29, 0.717) is 5.56 Å². The van der Waals surface area contributed by atoms with Crippen molar-refractivity contribution in [2.75, 3.05) is 13.7 Å². The molecule has 0 aliphatic carbocycles. The Hall–Kier alpha value is -2.85. The van der Waals surface area contributed by atoms with E-state index >= 15 is 0 Å². The van der Waals surface area contributed by atoms with Crippen molar-refractivity contribution in [2.24, 2.45) is 0 Å². The highest BCUT2D eigenvalue weighted by atomic mass is 28.4. The van der Waals surface area contributed by atoms with Gasteiger partial charge in [-0.25, -0.2) is 4.79 Å². The molecule has 1 aliphatic heterocycles. The molecule has 0 saturated carbocycles. The minimum atomic E-state index is -2.90. The van der Waals surface area contributed by atoms with Crippen molar-refractivity contribution in [2.45, 2.75) is 56.5 Å². The van der Waals surface area contributed by atoms with Crippen molar-refractivity contribution in [3.05, 3.63) is 96.6 Å². The molecule has 8 heteroatoms. The third kappa shape index (κ3) is 5.61. The molecular formula is C30H36O7Si. The molecule has 5 atom stereocenters. The smallest absolute Gasteiger partial charge is 0.338 e. The van der Waals surface area contributed by atoms with Crippen LogP contribution in [-0.2, 0) is 18.6 Å². The molecule has 0 radical (unpaired) electrons. The summed E-state index contributed by atoms with van der Waals surface area (Å²) in [5, 5.41) is 24.0. The highest BCUT2D eigenvalue weighted by Crippen LogP contribution is 2.37. The van der Waals surface area contributed by atoms with Gasteiger partial charge in [0.1, 0.15) is 18.3 Å². The van der Waals surface area contributed by atoms with Gasteiger partial charge in [-0.15, -0.1) is 0 Å². The molecule has 7 nitrogen and oxygen atoms in total. The summed E-state index contributed by atoms with van der Waals surface area (Å²) in [5.74, 6) is -0.644. The van der Waals surface area contributed by atoms with Crippen molar-refractivity contribution in [3.8, 4) is 0 Å². The van der Waals surface area contributed by atoms with Crippen molar-refractivity contribution >= 4 is 24.7 Å². The van der Waals surface area contributed by atoms with E-state index in [-0.39, 0.29) is 11.6 Å². The van der Waals surface area contributed by atoms with Crippen LogP contribution in [0.1, 0.15) is 31.1 Å². The predicted molar refractivity (Wildman–Crippen MR) is 147 cm³/mol. The topological polar surface area (TPSA) is 94.5 Å². The lowest BCUT2D eigenvalue weighted by atomic mass is 9.99. The van der Waals surface area contributed by atoms with Crippen LogP contribution in [0, 0.1) is 0 Å². The fourth-order valence-corrected chi connectivity index (χ4v) is 9.66. The summed E-state index contributed by atoms with van der Waals surface area (Å²) in [6.45, 7) is 6.47. The second-order valence-electron chi connectivity index (χ2n) is 10.5. The van der Waals surface area contributed by atoms with Crippen LogP contribution in [0.15, 0.2) is 91.0 Å². The standard InChI is InChI=1S/C30H36O7Si/c1-30(2,3)38(22-16-10-6-11-17-22,23-18-12-7-13-19-23)35-20-24-25(31)26(32)27(29(34-4)36-24)37-28(33)21-14-8-5-9-15-21/h5-19,24-27,29,31-32H,20H2,1-4H3/t24-,25+,26+,27-,29+/m1/s1. The van der Waals surface area contributed by atoms with Crippen LogP contribution in [0.4, 0.5) is 0 Å². The lowest BCUT2D eigenvalue weighted by Gasteiger charge is -2.46. The zero-order chi connectivity index (χ0) is 27.3. The average molecular weight is 537 g/mol. The Morgan fingerprint density at radius 2 is 1.34 bits per heavy atom. The van der Waals surface area contributed by atoms with Crippen molar-refractivity contribution in [3.63, 3.8) is 0 Å². The van der Waals surface area contributed by atoms with Gasteiger partial charge in [0.15, 0.2) is 12.4 Å². The maximum Gasteiger partial charge on any atom is 0.338 e. The zero-order valence-corrected chi connectivity index (χ0v) is 23.2. The molecule has 38 heavy (non-hydrogen) atoms. The first kappa shape index (κ1) is 28.2. The van der Waals surface area contributed by atoms with E-state index in [4.69, 9.17) is 18.6 Å². The predicted octanol–water partition coefficient (Wildman–Crippen LogP) is 2.88. The first-order valence-corrected chi connectivity index (χ1v) is 14.7. The second kappa shape index (κ2) is 11.9. The molecule has 3 aromatic rings. The SMILES string of the molecule is CO[C@H]1O[C@H](CO[Si](c2ccccc2)(c2ccccc2)C(C)(C)C)[C@H](O)[C@H](O)[C@H]1OC(=O)c1ccccc1. The fourth-order valence-electron chi connectivity index (χ4n) is 5.09. The first-order valence-electron chi connectivity index (χ1n) is 12.7. The third-order valence-electron chi connectivity index (χ3n) is 7.01. The summed E-state index contributed by atoms with van der Waals surface area (Å²) < 4.78 is 23.9. The molecule has 1 saturated heterocycles. The van der Waals surface area contributed by atoms with E-state index in [1.807, 2.05) is 36.4 Å². The number of methoxy groups -OCH3 is 1. The summed E-state index contributed by atoms with van der Waals surface area (Å²) in [5.41, 5.74) is 0.321. The number of benzene rings is 3. The lowest BCUT2D eigenvalue weighted by molar-refractivity contribution is -0.292. The van der Waals surface area contributed by atoms with Gasteiger partial charge in [-0.2, -0.15) is 0 Å². The van der Waals surface area contributed by atoms with E-state index in [2.05, 4.69) is 45.0 Å². The summed E-state index contributed by atoms with van der Waals surface area (Å²) >= 11 is 0. The first-order chi connectivity index (χ1) is 18.2. The summed E-state index contributed by atoms with van der Waals surface area (Å²) in [7, 11) is -1.50. The Kier molecular flexibility index (Phi) is 8.82. The van der Waals surface area contributed by atoms with Gasteiger partial charge in [-0.1, -0.05) is 99.6 Å². The molecule has 3 aromatic carbocycles. The number of esters is 1. The largest absolute Gasteiger partial charge is 0.450 e. The third-order valence-corrected chi connectivity index (χ3v) is 12.0. The molecular weight excluding hydrogens is 500 g/mol. The molecule has 2 N–H and O–H groups in total. The van der Waals surface area contributed by atoms with Crippen LogP contribution >= 0.6 is 0 Å². The second-order valence-corrected chi connectivity index (χ2v) is 14.8. The van der Waals surface area contributed by atoms with E-state index in [0.717, 1.165) is 10.4 Å². The molecule has 1 aliphatic rings. The summed E-state index contributed by atoms with van der Waals surface area (Å²) in [4.78, 5) is 12.6. The molecule has 0 amide bonds. The number of carbonyl (C=O) groups excluding carboxylic acids is 1. The fraction of sp³-hybridized carbons (Fsp3) is 0.367. The molecule has 1 heterocycles. The van der Waals surface area contributed by atoms with Crippen molar-refractivity contribution < 1.29 is 33.6 Å². The maximum absolute atomic E-state index is 12.6. The van der Waals surface area contributed by atoms with Gasteiger partial charge >= 0.3 is 5.97 Å². The lowest BCUT2D eigenvalue weighted by Crippen LogP contribution is -2.68. The number of carbonyl (C=O) groups is 1. The minimum Gasteiger partial charge on any atom is -0.450 e. The maximum atomic E-state index is 12.6.